The Morgan fingerprint density at radius 3 is 2.47 bits per heavy atom. The van der Waals surface area contributed by atoms with Crippen LogP contribution in [0.25, 0.3) is 0 Å². The quantitative estimate of drug-likeness (QED) is 0.426. The van der Waals surface area contributed by atoms with E-state index in [1.54, 1.807) is 5.32 Å². The third kappa shape index (κ3) is 6.32. The topological polar surface area (TPSA) is 143 Å². The molecule has 0 bridgehead atoms. The van der Waals surface area contributed by atoms with E-state index in [0.29, 0.717) is 18.4 Å². The number of hydrogen-bond acceptors (Lipinski definition) is 6. The molecule has 4 N–H and O–H groups in total. The molecule has 2 aromatic rings. The van der Waals surface area contributed by atoms with Crippen LogP contribution < -0.4 is 21.9 Å². The minimum Gasteiger partial charge on any atom is -0.394 e. The summed E-state index contributed by atoms with van der Waals surface area (Å²) in [6.45, 7) is -0.437. The number of H-pyrrole nitrogens is 1. The average Bonchev–Trinajstić information content (AvgIpc) is 3.27. The molecule has 34 heavy (non-hydrogen) atoms. The van der Waals surface area contributed by atoms with E-state index in [1.165, 1.54) is 35.0 Å². The molecule has 0 spiro atoms. The van der Waals surface area contributed by atoms with Gasteiger partial charge < -0.3 is 20.5 Å². The molecule has 1 aromatic heterocycles. The molecule has 1 aliphatic rings. The second-order valence-electron chi connectivity index (χ2n) is 7.68. The van der Waals surface area contributed by atoms with Gasteiger partial charge in [-0.2, -0.15) is 13.2 Å². The monoisotopic (exact) mass is 484 g/mol. The first kappa shape index (κ1) is 25.2. The highest BCUT2D eigenvalue weighted by Crippen LogP contribution is 2.26. The normalized spacial score (nSPS) is 18.0. The Morgan fingerprint density at radius 2 is 1.85 bits per heavy atom. The lowest BCUT2D eigenvalue weighted by molar-refractivity contribution is -0.173. The van der Waals surface area contributed by atoms with Gasteiger partial charge in [-0.05, 0) is 37.0 Å². The summed E-state index contributed by atoms with van der Waals surface area (Å²) in [5.41, 5.74) is -0.350. The molecule has 2 heterocycles. The molecule has 13 heteroatoms. The van der Waals surface area contributed by atoms with Gasteiger partial charge in [-0.25, -0.2) is 4.79 Å². The van der Waals surface area contributed by atoms with Gasteiger partial charge in [0.1, 0.15) is 6.23 Å². The highest BCUT2D eigenvalue weighted by atomic mass is 19.4. The first-order chi connectivity index (χ1) is 16.1. The number of amides is 2. The van der Waals surface area contributed by atoms with Crippen LogP contribution in [0.2, 0.25) is 0 Å². The van der Waals surface area contributed by atoms with Gasteiger partial charge in [-0.3, -0.25) is 23.9 Å². The highest BCUT2D eigenvalue weighted by molar-refractivity contribution is 5.94. The van der Waals surface area contributed by atoms with Gasteiger partial charge in [0.05, 0.1) is 12.7 Å². The summed E-state index contributed by atoms with van der Waals surface area (Å²) < 4.78 is 43.5. The Balaban J connectivity index is 1.55. The zero-order valence-corrected chi connectivity index (χ0v) is 17.9. The van der Waals surface area contributed by atoms with E-state index >= 15 is 0 Å². The lowest BCUT2D eigenvalue weighted by Gasteiger charge is -2.15. The average molecular weight is 484 g/mol. The lowest BCUT2D eigenvalue weighted by Crippen LogP contribution is -2.36. The fraction of sp³-hybridized carbons (Fsp3) is 0.429. The standard InChI is InChI=1S/C21H23F3N4O6/c22-21(23,24)19(32)26-9-12-1-3-13(4-2-12)17(30)25-8-7-14-10-28(20(33)27-18(14)31)16-6-5-15(11-29)34-16/h1-4,10,15-16,29H,5-9,11H2,(H,25,30)(H,26,32)(H,27,31,33)/t15-,16+/m0/s1. The van der Waals surface area contributed by atoms with Gasteiger partial charge in [0.2, 0.25) is 0 Å². The molecule has 184 valence electrons. The molecule has 0 unspecified atom stereocenters. The van der Waals surface area contributed by atoms with Gasteiger partial charge >= 0.3 is 17.8 Å². The van der Waals surface area contributed by atoms with E-state index in [-0.39, 0.29) is 43.3 Å². The van der Waals surface area contributed by atoms with Crippen molar-refractivity contribution in [2.45, 2.75) is 44.3 Å². The number of ether oxygens (including phenoxy) is 1. The van der Waals surface area contributed by atoms with Crippen LogP contribution >= 0.6 is 0 Å². The highest BCUT2D eigenvalue weighted by Gasteiger charge is 2.38. The maximum absolute atomic E-state index is 12.3. The molecule has 2 atom stereocenters. The van der Waals surface area contributed by atoms with Crippen molar-refractivity contribution in [3.05, 3.63) is 68.0 Å². The maximum Gasteiger partial charge on any atom is 0.471 e. The summed E-state index contributed by atoms with van der Waals surface area (Å²) in [6, 6.07) is 5.61. The number of aromatic nitrogens is 2. The molecular weight excluding hydrogens is 461 g/mol. The van der Waals surface area contributed by atoms with E-state index in [2.05, 4.69) is 10.3 Å². The number of benzene rings is 1. The van der Waals surface area contributed by atoms with Crippen LogP contribution in [0, 0.1) is 0 Å². The predicted octanol–water partition coefficient (Wildman–Crippen LogP) is 0.357. The van der Waals surface area contributed by atoms with Crippen molar-refractivity contribution in [2.75, 3.05) is 13.2 Å². The van der Waals surface area contributed by atoms with Gasteiger partial charge in [-0.1, -0.05) is 12.1 Å². The Hall–Kier alpha value is -3.45. The molecule has 10 nitrogen and oxygen atoms in total. The predicted molar refractivity (Wildman–Crippen MR) is 112 cm³/mol. The Bertz CT molecular complexity index is 1140. The van der Waals surface area contributed by atoms with Crippen LogP contribution in [0.15, 0.2) is 40.1 Å². The Morgan fingerprint density at radius 1 is 1.15 bits per heavy atom. The second-order valence-corrected chi connectivity index (χ2v) is 7.68. The largest absolute Gasteiger partial charge is 0.471 e. The van der Waals surface area contributed by atoms with Crippen LogP contribution in [0.5, 0.6) is 0 Å². The smallest absolute Gasteiger partial charge is 0.394 e. The number of rotatable bonds is 8. The zero-order valence-electron chi connectivity index (χ0n) is 17.9. The first-order valence-electron chi connectivity index (χ1n) is 10.4. The van der Waals surface area contributed by atoms with Gasteiger partial charge in [-0.15, -0.1) is 0 Å². The van der Waals surface area contributed by atoms with Crippen molar-refractivity contribution in [3.63, 3.8) is 0 Å². The van der Waals surface area contributed by atoms with Crippen LogP contribution in [0.3, 0.4) is 0 Å². The molecule has 1 saturated heterocycles. The van der Waals surface area contributed by atoms with Crippen LogP contribution in [0.1, 0.15) is 40.6 Å². The van der Waals surface area contributed by atoms with Crippen molar-refractivity contribution in [1.29, 1.82) is 0 Å². The maximum atomic E-state index is 12.3. The molecule has 0 aliphatic carbocycles. The van der Waals surface area contributed by atoms with Gasteiger partial charge in [0.25, 0.3) is 11.5 Å². The van der Waals surface area contributed by atoms with Crippen molar-refractivity contribution < 1.29 is 32.6 Å². The molecule has 2 amide bonds. The van der Waals surface area contributed by atoms with Crippen molar-refractivity contribution in [2.24, 2.45) is 0 Å². The Labute approximate surface area is 190 Å². The number of aliphatic hydroxyl groups excluding tert-OH is 1. The number of halogens is 3. The minimum absolute atomic E-state index is 0.0777. The van der Waals surface area contributed by atoms with Crippen molar-refractivity contribution >= 4 is 11.8 Å². The number of nitrogens with one attached hydrogen (secondary N) is 3. The molecule has 0 saturated carbocycles. The molecule has 3 rings (SSSR count). The van der Waals surface area contributed by atoms with Crippen LogP contribution in [0.4, 0.5) is 13.2 Å². The van der Waals surface area contributed by atoms with E-state index in [9.17, 15) is 37.5 Å². The van der Waals surface area contributed by atoms with Crippen LogP contribution in [-0.2, 0) is 22.5 Å². The summed E-state index contributed by atoms with van der Waals surface area (Å²) in [4.78, 5) is 49.6. The molecule has 1 fully saturated rings. The van der Waals surface area contributed by atoms with E-state index in [0.717, 1.165) is 0 Å². The van der Waals surface area contributed by atoms with Gasteiger partial charge in [0.15, 0.2) is 0 Å². The molecule has 1 aromatic carbocycles. The third-order valence-electron chi connectivity index (χ3n) is 5.25. The van der Waals surface area contributed by atoms with Gasteiger partial charge in [0, 0.05) is 30.4 Å². The number of nitrogens with zero attached hydrogens (tertiary/aromatic N) is 1. The summed E-state index contributed by atoms with van der Waals surface area (Å²) >= 11 is 0. The minimum atomic E-state index is -4.97. The number of carbonyl (C=O) groups is 2. The molecule has 0 radical (unpaired) electrons. The second kappa shape index (κ2) is 10.7. The number of carbonyl (C=O) groups excluding carboxylic acids is 2. The summed E-state index contributed by atoms with van der Waals surface area (Å²) in [5, 5.41) is 13.5. The Kier molecular flexibility index (Phi) is 7.89. The van der Waals surface area contributed by atoms with Crippen LogP contribution in [-0.4, -0.2) is 51.9 Å². The summed E-state index contributed by atoms with van der Waals surface area (Å²) in [6.07, 6.45) is -3.37. The first-order valence-corrected chi connectivity index (χ1v) is 10.4. The molecular formula is C21H23F3N4O6. The zero-order chi connectivity index (χ0) is 24.9. The van der Waals surface area contributed by atoms with E-state index in [1.807, 2.05) is 0 Å². The number of aliphatic hydroxyl groups is 1. The van der Waals surface area contributed by atoms with E-state index < -0.39 is 35.5 Å². The lowest BCUT2D eigenvalue weighted by atomic mass is 10.1. The summed E-state index contributed by atoms with van der Waals surface area (Å²) in [5.74, 6) is -2.52. The SMILES string of the molecule is O=C(NCCc1cn([C@H]2CC[C@@H](CO)O2)c(=O)[nH]c1=O)c1ccc(CNC(=O)C(F)(F)F)cc1. The number of hydrogen-bond donors (Lipinski definition) is 4. The molecule has 1 aliphatic heterocycles. The van der Waals surface area contributed by atoms with E-state index in [4.69, 9.17) is 4.74 Å². The third-order valence-corrected chi connectivity index (χ3v) is 5.25. The van der Waals surface area contributed by atoms with Crippen molar-refractivity contribution in [3.8, 4) is 0 Å². The fourth-order valence-electron chi connectivity index (χ4n) is 3.41. The summed E-state index contributed by atoms with van der Waals surface area (Å²) in [7, 11) is 0. The number of alkyl halides is 3. The van der Waals surface area contributed by atoms with Crippen molar-refractivity contribution in [1.82, 2.24) is 20.2 Å². The fourth-order valence-corrected chi connectivity index (χ4v) is 3.41. The number of aromatic amines is 1.